The maximum absolute atomic E-state index is 11.5. The summed E-state index contributed by atoms with van der Waals surface area (Å²) in [7, 11) is 1.44. The predicted molar refractivity (Wildman–Crippen MR) is 69.3 cm³/mol. The van der Waals surface area contributed by atoms with Crippen LogP contribution in [0.25, 0.3) is 0 Å². The fraction of sp³-hybridized carbons (Fsp3) is 0.385. The first-order valence-electron chi connectivity index (χ1n) is 5.88. The lowest BCUT2D eigenvalue weighted by Gasteiger charge is -2.27. The molecule has 0 spiro atoms. The van der Waals surface area contributed by atoms with Crippen molar-refractivity contribution in [3.8, 4) is 5.75 Å². The number of halogens is 1. The highest BCUT2D eigenvalue weighted by Crippen LogP contribution is 2.39. The van der Waals surface area contributed by atoms with E-state index in [0.29, 0.717) is 17.7 Å². The number of ether oxygens (including phenoxy) is 1. The number of nitrogens with zero attached hydrogens (tertiary/aromatic N) is 1. The van der Waals surface area contributed by atoms with Gasteiger partial charge in [0, 0.05) is 11.6 Å². The van der Waals surface area contributed by atoms with Gasteiger partial charge in [0.2, 0.25) is 6.41 Å². The first-order valence-corrected chi connectivity index (χ1v) is 6.26. The van der Waals surface area contributed by atoms with Crippen molar-refractivity contribution in [1.82, 2.24) is 4.90 Å². The van der Waals surface area contributed by atoms with E-state index < -0.39 is 12.0 Å². The number of carboxylic acids is 1. The molecule has 1 fully saturated rings. The number of benzene rings is 1. The number of carbonyl (C=O) groups excluding carboxylic acids is 1. The summed E-state index contributed by atoms with van der Waals surface area (Å²) >= 11 is 6.09. The first-order chi connectivity index (χ1) is 9.10. The van der Waals surface area contributed by atoms with Gasteiger partial charge in [-0.05, 0) is 25.0 Å². The molecule has 1 aromatic carbocycles. The van der Waals surface area contributed by atoms with Gasteiger partial charge in [-0.3, -0.25) is 4.79 Å². The Balaban J connectivity index is 2.49. The smallest absolute Gasteiger partial charge is 0.331 e. The number of methoxy groups -OCH3 is 1. The van der Waals surface area contributed by atoms with Gasteiger partial charge >= 0.3 is 5.97 Å². The van der Waals surface area contributed by atoms with Crippen LogP contribution >= 0.6 is 11.6 Å². The number of hydrogen-bond donors (Lipinski definition) is 1. The minimum atomic E-state index is -1.12. The average molecular weight is 284 g/mol. The minimum absolute atomic E-state index is 0.0282. The quantitative estimate of drug-likeness (QED) is 0.812. The van der Waals surface area contributed by atoms with Crippen LogP contribution in [-0.4, -0.2) is 35.5 Å². The van der Waals surface area contributed by atoms with Crippen molar-refractivity contribution in [1.29, 1.82) is 0 Å². The summed E-state index contributed by atoms with van der Waals surface area (Å²) in [6, 6.07) is 3.75. The molecule has 0 radical (unpaired) electrons. The van der Waals surface area contributed by atoms with Gasteiger partial charge in [-0.15, -0.1) is 0 Å². The molecule has 102 valence electrons. The number of hydrogen-bond acceptors (Lipinski definition) is 3. The standard InChI is InChI=1S/C13H14ClNO4/c1-19-10-4-2-3-9(14)11(10)12(13(17)18)15(7-16)8-5-6-8/h2-4,7-8,12H,5-6H2,1H3,(H,17,18). The zero-order chi connectivity index (χ0) is 14.0. The fourth-order valence-electron chi connectivity index (χ4n) is 2.09. The maximum atomic E-state index is 11.5. The molecular formula is C13H14ClNO4. The van der Waals surface area contributed by atoms with Crippen molar-refractivity contribution in [2.24, 2.45) is 0 Å². The molecule has 5 nitrogen and oxygen atoms in total. The van der Waals surface area contributed by atoms with Crippen molar-refractivity contribution in [2.45, 2.75) is 24.9 Å². The van der Waals surface area contributed by atoms with Gasteiger partial charge in [0.05, 0.1) is 12.1 Å². The zero-order valence-electron chi connectivity index (χ0n) is 10.4. The van der Waals surface area contributed by atoms with E-state index >= 15 is 0 Å². The Morgan fingerprint density at radius 3 is 2.74 bits per heavy atom. The molecule has 1 unspecified atom stereocenters. The second kappa shape index (κ2) is 5.48. The molecule has 0 heterocycles. The number of carboxylic acid groups (broad SMARTS) is 1. The molecule has 1 aliphatic carbocycles. The van der Waals surface area contributed by atoms with Crippen molar-refractivity contribution in [2.75, 3.05) is 7.11 Å². The lowest BCUT2D eigenvalue weighted by Crippen LogP contribution is -2.35. The van der Waals surface area contributed by atoms with Crippen molar-refractivity contribution < 1.29 is 19.4 Å². The lowest BCUT2D eigenvalue weighted by atomic mass is 10.0. The topological polar surface area (TPSA) is 66.8 Å². The lowest BCUT2D eigenvalue weighted by molar-refractivity contribution is -0.147. The van der Waals surface area contributed by atoms with Crippen LogP contribution in [-0.2, 0) is 9.59 Å². The van der Waals surface area contributed by atoms with Crippen molar-refractivity contribution in [3.63, 3.8) is 0 Å². The highest BCUT2D eigenvalue weighted by molar-refractivity contribution is 6.31. The Bertz CT molecular complexity index is 501. The van der Waals surface area contributed by atoms with Gasteiger partial charge in [-0.25, -0.2) is 4.79 Å². The van der Waals surface area contributed by atoms with Crippen LogP contribution in [0, 0.1) is 0 Å². The molecule has 0 aromatic heterocycles. The summed E-state index contributed by atoms with van der Waals surface area (Å²) in [6.07, 6.45) is 2.20. The van der Waals surface area contributed by atoms with E-state index in [1.54, 1.807) is 18.2 Å². The predicted octanol–water partition coefficient (Wildman–Crippen LogP) is 2.10. The fourth-order valence-corrected chi connectivity index (χ4v) is 2.36. The first kappa shape index (κ1) is 13.7. The summed E-state index contributed by atoms with van der Waals surface area (Å²) in [5.41, 5.74) is 0.318. The van der Waals surface area contributed by atoms with E-state index in [1.807, 2.05) is 0 Å². The molecule has 1 atom stereocenters. The highest BCUT2D eigenvalue weighted by Gasteiger charge is 2.39. The van der Waals surface area contributed by atoms with Crippen LogP contribution in [0.3, 0.4) is 0 Å². The molecule has 1 aromatic rings. The Labute approximate surface area is 115 Å². The van der Waals surface area contributed by atoms with Crippen LogP contribution in [0.2, 0.25) is 5.02 Å². The summed E-state index contributed by atoms with van der Waals surface area (Å²) < 4.78 is 5.16. The molecule has 2 rings (SSSR count). The third-order valence-corrected chi connectivity index (χ3v) is 3.46. The third kappa shape index (κ3) is 2.66. The molecule has 1 saturated carbocycles. The zero-order valence-corrected chi connectivity index (χ0v) is 11.1. The summed E-state index contributed by atoms with van der Waals surface area (Å²) in [4.78, 5) is 24.0. The van der Waals surface area contributed by atoms with Gasteiger partial charge in [0.1, 0.15) is 5.75 Å². The minimum Gasteiger partial charge on any atom is -0.496 e. The van der Waals surface area contributed by atoms with E-state index in [4.69, 9.17) is 16.3 Å². The van der Waals surface area contributed by atoms with Crippen LogP contribution in [0.15, 0.2) is 18.2 Å². The van der Waals surface area contributed by atoms with Crippen LogP contribution in [0.5, 0.6) is 5.75 Å². The second-order valence-corrected chi connectivity index (χ2v) is 4.79. The monoisotopic (exact) mass is 283 g/mol. The van der Waals surface area contributed by atoms with E-state index in [0.717, 1.165) is 12.8 Å². The molecule has 0 aliphatic heterocycles. The molecule has 1 N–H and O–H groups in total. The average Bonchev–Trinajstić information content (AvgIpc) is 3.20. The van der Waals surface area contributed by atoms with Gasteiger partial charge in [-0.2, -0.15) is 0 Å². The van der Waals surface area contributed by atoms with Crippen molar-refractivity contribution >= 4 is 24.0 Å². The molecule has 1 aliphatic rings. The largest absolute Gasteiger partial charge is 0.496 e. The Morgan fingerprint density at radius 2 is 2.26 bits per heavy atom. The van der Waals surface area contributed by atoms with Gasteiger partial charge in [-0.1, -0.05) is 17.7 Å². The maximum Gasteiger partial charge on any atom is 0.331 e. The normalized spacial score (nSPS) is 15.7. The molecule has 6 heteroatoms. The highest BCUT2D eigenvalue weighted by atomic mass is 35.5. The van der Waals surface area contributed by atoms with Crippen LogP contribution in [0.4, 0.5) is 0 Å². The van der Waals surface area contributed by atoms with E-state index in [9.17, 15) is 14.7 Å². The molecule has 0 saturated heterocycles. The van der Waals surface area contributed by atoms with E-state index in [-0.39, 0.29) is 11.1 Å². The van der Waals surface area contributed by atoms with E-state index in [2.05, 4.69) is 0 Å². The second-order valence-electron chi connectivity index (χ2n) is 4.38. The van der Waals surface area contributed by atoms with E-state index in [1.165, 1.54) is 12.0 Å². The summed E-state index contributed by atoms with van der Waals surface area (Å²) in [6.45, 7) is 0. The Kier molecular flexibility index (Phi) is 3.95. The summed E-state index contributed by atoms with van der Waals surface area (Å²) in [5, 5.41) is 9.71. The van der Waals surface area contributed by atoms with Crippen LogP contribution in [0.1, 0.15) is 24.4 Å². The molecule has 0 bridgehead atoms. The summed E-state index contributed by atoms with van der Waals surface area (Å²) in [5.74, 6) is -0.752. The van der Waals surface area contributed by atoms with Gasteiger partial charge in [0.25, 0.3) is 0 Å². The van der Waals surface area contributed by atoms with Crippen molar-refractivity contribution in [3.05, 3.63) is 28.8 Å². The number of amides is 1. The Hall–Kier alpha value is -1.75. The van der Waals surface area contributed by atoms with Crippen LogP contribution < -0.4 is 4.74 Å². The Morgan fingerprint density at radius 1 is 1.58 bits per heavy atom. The number of carbonyl (C=O) groups is 2. The third-order valence-electron chi connectivity index (χ3n) is 3.13. The molecular weight excluding hydrogens is 270 g/mol. The number of rotatable bonds is 6. The molecule has 1 amide bonds. The van der Waals surface area contributed by atoms with Gasteiger partial charge in [0.15, 0.2) is 6.04 Å². The van der Waals surface area contributed by atoms with Gasteiger partial charge < -0.3 is 14.7 Å². The SMILES string of the molecule is COc1cccc(Cl)c1C(C(=O)O)N(C=O)C1CC1. The number of aliphatic carboxylic acids is 1. The molecule has 19 heavy (non-hydrogen) atoms.